The fourth-order valence-corrected chi connectivity index (χ4v) is 3.27. The molecular weight excluding hydrogens is 370 g/mol. The smallest absolute Gasteiger partial charge is 0.234 e. The molecule has 0 atom stereocenters. The molecule has 0 saturated carbocycles. The summed E-state index contributed by atoms with van der Waals surface area (Å²) < 4.78 is 4.92. The Labute approximate surface area is 174 Å². The van der Waals surface area contributed by atoms with Crippen LogP contribution in [0.15, 0.2) is 30.3 Å². The second kappa shape index (κ2) is 13.1. The van der Waals surface area contributed by atoms with Gasteiger partial charge in [0, 0.05) is 65.7 Å². The van der Waals surface area contributed by atoms with E-state index in [1.165, 1.54) is 5.69 Å². The Morgan fingerprint density at radius 3 is 2.07 bits per heavy atom. The number of amides is 2. The first-order valence-corrected chi connectivity index (χ1v) is 10.3. The van der Waals surface area contributed by atoms with Crippen LogP contribution in [0.4, 0.5) is 5.69 Å². The van der Waals surface area contributed by atoms with Crippen molar-refractivity contribution >= 4 is 17.5 Å². The fraction of sp³-hybridized carbons (Fsp3) is 0.619. The van der Waals surface area contributed by atoms with Crippen LogP contribution in [0.1, 0.15) is 6.42 Å². The van der Waals surface area contributed by atoms with Crippen molar-refractivity contribution in [2.24, 2.45) is 0 Å². The van der Waals surface area contributed by atoms with Crippen LogP contribution in [0.25, 0.3) is 0 Å². The van der Waals surface area contributed by atoms with Gasteiger partial charge in [0.15, 0.2) is 0 Å². The van der Waals surface area contributed by atoms with Gasteiger partial charge in [-0.05, 0) is 18.6 Å². The summed E-state index contributed by atoms with van der Waals surface area (Å²) in [6.07, 6.45) is 0.906. The first kappa shape index (κ1) is 23.1. The van der Waals surface area contributed by atoms with E-state index in [4.69, 9.17) is 4.74 Å². The van der Waals surface area contributed by atoms with E-state index >= 15 is 0 Å². The van der Waals surface area contributed by atoms with Crippen molar-refractivity contribution in [3.8, 4) is 0 Å². The highest BCUT2D eigenvalue weighted by atomic mass is 16.5. The van der Waals surface area contributed by atoms with Crippen LogP contribution in [-0.2, 0) is 14.3 Å². The monoisotopic (exact) mass is 405 g/mol. The molecule has 1 fully saturated rings. The second-order valence-corrected chi connectivity index (χ2v) is 7.36. The zero-order valence-electron chi connectivity index (χ0n) is 17.7. The molecule has 1 heterocycles. The van der Waals surface area contributed by atoms with E-state index in [1.54, 1.807) is 7.11 Å². The Balaban J connectivity index is 1.53. The maximum absolute atomic E-state index is 12.2. The molecule has 2 rings (SSSR count). The number of piperazine rings is 1. The van der Waals surface area contributed by atoms with Gasteiger partial charge in [0.2, 0.25) is 11.8 Å². The Morgan fingerprint density at radius 1 is 0.966 bits per heavy atom. The summed E-state index contributed by atoms with van der Waals surface area (Å²) in [5.74, 6) is 0.0897. The largest absolute Gasteiger partial charge is 0.383 e. The van der Waals surface area contributed by atoms with Crippen LogP contribution in [0.3, 0.4) is 0 Å². The van der Waals surface area contributed by atoms with Crippen molar-refractivity contribution in [1.82, 2.24) is 20.4 Å². The number of benzene rings is 1. The van der Waals surface area contributed by atoms with E-state index in [2.05, 4.69) is 44.5 Å². The molecule has 0 aromatic heterocycles. The lowest BCUT2D eigenvalue weighted by Crippen LogP contribution is -2.51. The van der Waals surface area contributed by atoms with Crippen molar-refractivity contribution in [2.45, 2.75) is 6.42 Å². The third-order valence-corrected chi connectivity index (χ3v) is 5.02. The number of nitrogens with zero attached hydrogens (tertiary/aromatic N) is 3. The maximum Gasteiger partial charge on any atom is 0.234 e. The standard InChI is InChI=1S/C21H35N5O3/c1-24(19-7-4-3-5-8-19)11-6-9-22-20(27)17-25-12-14-26(15-13-25)18-21(28)23-10-16-29-2/h3-5,7-8H,6,9-18H2,1-2H3,(H,22,27)(H,23,28). The average molecular weight is 406 g/mol. The summed E-state index contributed by atoms with van der Waals surface area (Å²) >= 11 is 0. The zero-order chi connectivity index (χ0) is 20.9. The lowest BCUT2D eigenvalue weighted by atomic mass is 10.3. The van der Waals surface area contributed by atoms with E-state index in [0.29, 0.717) is 32.8 Å². The lowest BCUT2D eigenvalue weighted by molar-refractivity contribution is -0.125. The minimum absolute atomic E-state index is 0.0220. The molecule has 2 N–H and O–H groups in total. The molecule has 0 unspecified atom stereocenters. The number of para-hydroxylation sites is 1. The zero-order valence-corrected chi connectivity index (χ0v) is 17.7. The van der Waals surface area contributed by atoms with Gasteiger partial charge in [-0.2, -0.15) is 0 Å². The minimum Gasteiger partial charge on any atom is -0.383 e. The van der Waals surface area contributed by atoms with E-state index in [1.807, 2.05) is 18.2 Å². The van der Waals surface area contributed by atoms with Crippen LogP contribution in [-0.4, -0.2) is 101 Å². The number of carbonyl (C=O) groups is 2. The van der Waals surface area contributed by atoms with Gasteiger partial charge in [-0.15, -0.1) is 0 Å². The first-order valence-electron chi connectivity index (χ1n) is 10.3. The molecule has 0 bridgehead atoms. The van der Waals surface area contributed by atoms with Crippen molar-refractivity contribution in [2.75, 3.05) is 84.6 Å². The Bertz CT molecular complexity index is 606. The van der Waals surface area contributed by atoms with Gasteiger partial charge in [0.25, 0.3) is 0 Å². The van der Waals surface area contributed by atoms with Crippen LogP contribution < -0.4 is 15.5 Å². The normalized spacial score (nSPS) is 15.1. The predicted molar refractivity (Wildman–Crippen MR) is 115 cm³/mol. The quantitative estimate of drug-likeness (QED) is 0.477. The number of nitrogens with one attached hydrogen (secondary N) is 2. The molecule has 162 valence electrons. The molecule has 0 spiro atoms. The highest BCUT2D eigenvalue weighted by Crippen LogP contribution is 2.10. The third kappa shape index (κ3) is 9.25. The molecule has 1 saturated heterocycles. The van der Waals surface area contributed by atoms with Gasteiger partial charge in [-0.3, -0.25) is 19.4 Å². The molecule has 29 heavy (non-hydrogen) atoms. The molecule has 1 aliphatic heterocycles. The number of hydrogen-bond acceptors (Lipinski definition) is 6. The Kier molecular flexibility index (Phi) is 10.5. The van der Waals surface area contributed by atoms with Crippen molar-refractivity contribution < 1.29 is 14.3 Å². The number of methoxy groups -OCH3 is 1. The number of rotatable bonds is 12. The van der Waals surface area contributed by atoms with E-state index < -0.39 is 0 Å². The second-order valence-electron chi connectivity index (χ2n) is 7.36. The van der Waals surface area contributed by atoms with Crippen molar-refractivity contribution in [3.05, 3.63) is 30.3 Å². The van der Waals surface area contributed by atoms with E-state index in [9.17, 15) is 9.59 Å². The Hall–Kier alpha value is -2.16. The molecule has 8 nitrogen and oxygen atoms in total. The summed E-state index contributed by atoms with van der Waals surface area (Å²) in [6, 6.07) is 10.2. The van der Waals surface area contributed by atoms with Crippen molar-refractivity contribution in [1.29, 1.82) is 0 Å². The number of carbonyl (C=O) groups excluding carboxylic acids is 2. The fourth-order valence-electron chi connectivity index (χ4n) is 3.27. The van der Waals surface area contributed by atoms with Crippen LogP contribution in [0.5, 0.6) is 0 Å². The summed E-state index contributed by atoms with van der Waals surface area (Å²) in [7, 11) is 3.68. The minimum atomic E-state index is 0.0220. The third-order valence-electron chi connectivity index (χ3n) is 5.02. The first-order chi connectivity index (χ1) is 14.1. The number of ether oxygens (including phenoxy) is 1. The summed E-state index contributed by atoms with van der Waals surface area (Å²) in [6.45, 7) is 6.66. The van der Waals surface area contributed by atoms with Gasteiger partial charge in [-0.1, -0.05) is 18.2 Å². The van der Waals surface area contributed by atoms with Crippen LogP contribution in [0.2, 0.25) is 0 Å². The van der Waals surface area contributed by atoms with E-state index in [0.717, 1.165) is 39.1 Å². The number of hydrogen-bond donors (Lipinski definition) is 2. The molecule has 0 radical (unpaired) electrons. The molecule has 1 aliphatic rings. The van der Waals surface area contributed by atoms with Crippen LogP contribution >= 0.6 is 0 Å². The van der Waals surface area contributed by atoms with Crippen molar-refractivity contribution in [3.63, 3.8) is 0 Å². The molecule has 1 aromatic rings. The van der Waals surface area contributed by atoms with Gasteiger partial charge in [-0.25, -0.2) is 0 Å². The molecular formula is C21H35N5O3. The topological polar surface area (TPSA) is 77.1 Å². The average Bonchev–Trinajstić information content (AvgIpc) is 2.73. The molecule has 8 heteroatoms. The van der Waals surface area contributed by atoms with Gasteiger partial charge >= 0.3 is 0 Å². The summed E-state index contributed by atoms with van der Waals surface area (Å²) in [5.41, 5.74) is 1.18. The lowest BCUT2D eigenvalue weighted by Gasteiger charge is -2.33. The van der Waals surface area contributed by atoms with E-state index in [-0.39, 0.29) is 11.8 Å². The van der Waals surface area contributed by atoms with Gasteiger partial charge in [0.1, 0.15) is 0 Å². The van der Waals surface area contributed by atoms with Gasteiger partial charge < -0.3 is 20.3 Å². The highest BCUT2D eigenvalue weighted by molar-refractivity contribution is 5.78. The molecule has 0 aliphatic carbocycles. The van der Waals surface area contributed by atoms with Crippen LogP contribution in [0, 0.1) is 0 Å². The predicted octanol–water partition coefficient (Wildman–Crippen LogP) is 0.00930. The molecule has 2 amide bonds. The summed E-state index contributed by atoms with van der Waals surface area (Å²) in [5, 5.41) is 5.85. The summed E-state index contributed by atoms with van der Waals surface area (Å²) in [4.78, 5) is 30.5. The highest BCUT2D eigenvalue weighted by Gasteiger charge is 2.20. The Morgan fingerprint density at radius 2 is 1.52 bits per heavy atom. The number of anilines is 1. The molecule has 1 aromatic carbocycles. The maximum atomic E-state index is 12.2. The van der Waals surface area contributed by atoms with Gasteiger partial charge in [0.05, 0.1) is 19.7 Å². The SMILES string of the molecule is COCCNC(=O)CN1CCN(CC(=O)NCCCN(C)c2ccccc2)CC1.